The molecule has 0 heterocycles. The van der Waals surface area contributed by atoms with Crippen molar-refractivity contribution in [3.8, 4) is 0 Å². The minimum atomic E-state index is 0.162. The second-order valence-corrected chi connectivity index (χ2v) is 7.24. The predicted molar refractivity (Wildman–Crippen MR) is 78.1 cm³/mol. The van der Waals surface area contributed by atoms with Crippen molar-refractivity contribution in [1.29, 1.82) is 0 Å². The lowest BCUT2D eigenvalue weighted by molar-refractivity contribution is -0.120. The second-order valence-electron chi connectivity index (χ2n) is 7.24. The Balaban J connectivity index is 1.62. The highest BCUT2D eigenvalue weighted by Crippen LogP contribution is 2.54. The highest BCUT2D eigenvalue weighted by atomic mass is 16.1. The Morgan fingerprint density at radius 3 is 2.16 bits per heavy atom. The molecule has 0 spiro atoms. The quantitative estimate of drug-likeness (QED) is 0.853. The van der Waals surface area contributed by atoms with Gasteiger partial charge in [0.05, 0.1) is 0 Å². The van der Waals surface area contributed by atoms with Gasteiger partial charge in [0.25, 0.3) is 0 Å². The number of rotatable bonds is 2. The summed E-state index contributed by atoms with van der Waals surface area (Å²) in [4.78, 5) is 12.2. The molecule has 2 atom stereocenters. The van der Waals surface area contributed by atoms with Gasteiger partial charge in [0.2, 0.25) is 5.91 Å². The third-order valence-electron chi connectivity index (χ3n) is 4.63. The number of benzene rings is 1. The zero-order chi connectivity index (χ0) is 13.6. The van der Waals surface area contributed by atoms with Gasteiger partial charge in [-0.15, -0.1) is 0 Å². The summed E-state index contributed by atoms with van der Waals surface area (Å²) in [5, 5.41) is 3.06. The normalized spacial score (nSPS) is 28.9. The van der Waals surface area contributed by atoms with E-state index in [2.05, 4.69) is 38.2 Å². The molecule has 1 amide bonds. The molecule has 2 heteroatoms. The Labute approximate surface area is 115 Å². The molecule has 1 aromatic carbocycles. The maximum absolute atomic E-state index is 12.2. The number of carbonyl (C=O) groups excluding carboxylic acids is 1. The largest absolute Gasteiger partial charge is 0.326 e. The number of fused-ring (bicyclic) bond motifs is 1. The molecule has 0 radical (unpaired) electrons. The minimum absolute atomic E-state index is 0.162. The van der Waals surface area contributed by atoms with Crippen LogP contribution in [0.15, 0.2) is 24.3 Å². The van der Waals surface area contributed by atoms with Crippen LogP contribution in [0.25, 0.3) is 0 Å². The lowest BCUT2D eigenvalue weighted by Gasteiger charge is -2.19. The van der Waals surface area contributed by atoms with E-state index in [1.165, 1.54) is 12.0 Å². The first-order valence-electron chi connectivity index (χ1n) is 7.35. The fraction of sp³-hybridized carbons (Fsp3) is 0.588. The van der Waals surface area contributed by atoms with Crippen LogP contribution in [0.4, 0.5) is 5.69 Å². The summed E-state index contributed by atoms with van der Waals surface area (Å²) in [7, 11) is 0. The van der Waals surface area contributed by atoms with Gasteiger partial charge in [-0.3, -0.25) is 4.79 Å². The highest BCUT2D eigenvalue weighted by Gasteiger charge is 2.47. The molecule has 2 nitrogen and oxygen atoms in total. The number of anilines is 1. The van der Waals surface area contributed by atoms with E-state index in [1.807, 2.05) is 12.1 Å². The molecular weight excluding hydrogens is 234 g/mol. The van der Waals surface area contributed by atoms with Gasteiger partial charge >= 0.3 is 0 Å². The average Bonchev–Trinajstić information content (AvgIpc) is 2.95. The molecule has 0 aliphatic heterocycles. The van der Waals surface area contributed by atoms with Crippen LogP contribution in [0.5, 0.6) is 0 Å². The topological polar surface area (TPSA) is 29.1 Å². The van der Waals surface area contributed by atoms with Crippen LogP contribution < -0.4 is 5.32 Å². The van der Waals surface area contributed by atoms with E-state index < -0.39 is 0 Å². The molecule has 3 rings (SSSR count). The van der Waals surface area contributed by atoms with E-state index in [0.29, 0.717) is 0 Å². The molecule has 102 valence electrons. The van der Waals surface area contributed by atoms with Crippen LogP contribution in [0, 0.1) is 17.8 Å². The standard InChI is InChI=1S/C17H23NO/c1-17(2,3)14-4-6-15(7-5-14)18-16(19)13-9-11-8-12(11)10-13/h4-7,11-13H,8-10H2,1-3H3,(H,18,19). The SMILES string of the molecule is CC(C)(C)c1ccc(NC(=O)C2CC3CC3C2)cc1. The van der Waals surface area contributed by atoms with Gasteiger partial charge < -0.3 is 5.32 Å². The maximum Gasteiger partial charge on any atom is 0.227 e. The number of hydrogen-bond donors (Lipinski definition) is 1. The number of nitrogens with one attached hydrogen (secondary N) is 1. The molecule has 0 saturated heterocycles. The van der Waals surface area contributed by atoms with Crippen LogP contribution in [-0.4, -0.2) is 5.91 Å². The summed E-state index contributed by atoms with van der Waals surface area (Å²) in [5.41, 5.74) is 2.39. The van der Waals surface area contributed by atoms with Gasteiger partial charge in [-0.25, -0.2) is 0 Å². The third-order valence-corrected chi connectivity index (χ3v) is 4.63. The van der Waals surface area contributed by atoms with E-state index in [9.17, 15) is 4.79 Å². The molecule has 1 aromatic rings. The van der Waals surface area contributed by atoms with Gasteiger partial charge in [-0.1, -0.05) is 32.9 Å². The first kappa shape index (κ1) is 12.7. The molecule has 2 aliphatic rings. The Bertz CT molecular complexity index is 473. The summed E-state index contributed by atoms with van der Waals surface area (Å²) in [6.07, 6.45) is 3.58. The molecule has 19 heavy (non-hydrogen) atoms. The smallest absolute Gasteiger partial charge is 0.227 e. The van der Waals surface area contributed by atoms with Crippen LogP contribution in [0.1, 0.15) is 45.6 Å². The second kappa shape index (κ2) is 4.36. The zero-order valence-electron chi connectivity index (χ0n) is 12.1. The van der Waals surface area contributed by atoms with E-state index in [1.54, 1.807) is 0 Å². The summed E-state index contributed by atoms with van der Waals surface area (Å²) >= 11 is 0. The molecule has 0 aromatic heterocycles. The minimum Gasteiger partial charge on any atom is -0.326 e. The Kier molecular flexibility index (Phi) is 2.92. The van der Waals surface area contributed by atoms with Gasteiger partial charge in [0.15, 0.2) is 0 Å². The summed E-state index contributed by atoms with van der Waals surface area (Å²) in [5.74, 6) is 2.19. The van der Waals surface area contributed by atoms with Gasteiger partial charge in [-0.05, 0) is 54.2 Å². The van der Waals surface area contributed by atoms with E-state index >= 15 is 0 Å². The van der Waals surface area contributed by atoms with Gasteiger partial charge in [0, 0.05) is 11.6 Å². The van der Waals surface area contributed by atoms with Crippen molar-refractivity contribution in [3.63, 3.8) is 0 Å². The monoisotopic (exact) mass is 257 g/mol. The Hall–Kier alpha value is -1.31. The number of hydrogen-bond acceptors (Lipinski definition) is 1. The molecule has 1 N–H and O–H groups in total. The van der Waals surface area contributed by atoms with Crippen molar-refractivity contribution in [2.75, 3.05) is 5.32 Å². The fourth-order valence-electron chi connectivity index (χ4n) is 3.23. The number of amides is 1. The Morgan fingerprint density at radius 2 is 1.63 bits per heavy atom. The average molecular weight is 257 g/mol. The first-order chi connectivity index (χ1) is 8.93. The maximum atomic E-state index is 12.2. The summed E-state index contributed by atoms with van der Waals surface area (Å²) < 4.78 is 0. The van der Waals surface area contributed by atoms with Crippen molar-refractivity contribution in [1.82, 2.24) is 0 Å². The van der Waals surface area contributed by atoms with Crippen LogP contribution in [0.2, 0.25) is 0 Å². The molecule has 2 saturated carbocycles. The van der Waals surface area contributed by atoms with Crippen molar-refractivity contribution in [2.45, 2.75) is 45.4 Å². The third kappa shape index (κ3) is 2.68. The molecule has 2 aliphatic carbocycles. The van der Waals surface area contributed by atoms with Crippen molar-refractivity contribution in [3.05, 3.63) is 29.8 Å². The van der Waals surface area contributed by atoms with Gasteiger partial charge in [0.1, 0.15) is 0 Å². The lowest BCUT2D eigenvalue weighted by atomic mass is 9.87. The van der Waals surface area contributed by atoms with Crippen LogP contribution in [0.3, 0.4) is 0 Å². The van der Waals surface area contributed by atoms with E-state index in [0.717, 1.165) is 30.4 Å². The van der Waals surface area contributed by atoms with Crippen LogP contribution >= 0.6 is 0 Å². The van der Waals surface area contributed by atoms with Crippen molar-refractivity contribution in [2.24, 2.45) is 17.8 Å². The molecule has 0 bridgehead atoms. The lowest BCUT2D eigenvalue weighted by Crippen LogP contribution is -2.21. The summed E-state index contributed by atoms with van der Waals surface area (Å²) in [6, 6.07) is 8.27. The van der Waals surface area contributed by atoms with E-state index in [-0.39, 0.29) is 17.2 Å². The Morgan fingerprint density at radius 1 is 1.05 bits per heavy atom. The molecular formula is C17H23NO. The highest BCUT2D eigenvalue weighted by molar-refractivity contribution is 5.92. The van der Waals surface area contributed by atoms with Crippen LogP contribution in [-0.2, 0) is 10.2 Å². The van der Waals surface area contributed by atoms with Crippen molar-refractivity contribution < 1.29 is 4.79 Å². The fourth-order valence-corrected chi connectivity index (χ4v) is 3.23. The molecule has 2 unspecified atom stereocenters. The zero-order valence-corrected chi connectivity index (χ0v) is 12.1. The molecule has 2 fully saturated rings. The van der Waals surface area contributed by atoms with Gasteiger partial charge in [-0.2, -0.15) is 0 Å². The van der Waals surface area contributed by atoms with Crippen molar-refractivity contribution >= 4 is 11.6 Å². The predicted octanol–water partition coefficient (Wildman–Crippen LogP) is 3.97. The summed E-state index contributed by atoms with van der Waals surface area (Å²) in [6.45, 7) is 6.60. The van der Waals surface area contributed by atoms with E-state index in [4.69, 9.17) is 0 Å². The first-order valence-corrected chi connectivity index (χ1v) is 7.35. The number of carbonyl (C=O) groups is 1.